The van der Waals surface area contributed by atoms with Crippen molar-refractivity contribution >= 4 is 16.7 Å². The highest BCUT2D eigenvalue weighted by atomic mass is 32.2. The lowest BCUT2D eigenvalue weighted by molar-refractivity contribution is -0.0317. The van der Waals surface area contributed by atoms with Gasteiger partial charge in [0.15, 0.2) is 0 Å². The second-order valence-electron chi connectivity index (χ2n) is 2.34. The molecule has 0 nitrogen and oxygen atoms in total. The Labute approximate surface area is 78.5 Å². The van der Waals surface area contributed by atoms with E-state index >= 15 is 0 Å². The molecule has 1 aromatic carbocycles. The molecular formula is C9H7F3S. The monoisotopic (exact) mass is 204 g/mol. The lowest BCUT2D eigenvalue weighted by Crippen LogP contribution is -1.99. The molecule has 0 aliphatic rings. The lowest BCUT2D eigenvalue weighted by Gasteiger charge is -2.07. The molecule has 0 bridgehead atoms. The molecular weight excluding hydrogens is 197 g/mol. The SMILES string of the molecule is C=C(SC(F)(F)F)c1ccccc1. The Kier molecular flexibility index (Phi) is 3.03. The highest BCUT2D eigenvalue weighted by molar-refractivity contribution is 8.09. The highest BCUT2D eigenvalue weighted by Gasteiger charge is 2.29. The molecule has 0 aromatic heterocycles. The minimum Gasteiger partial charge on any atom is -0.160 e. The summed E-state index contributed by atoms with van der Waals surface area (Å²) in [5.41, 5.74) is -3.75. The van der Waals surface area contributed by atoms with E-state index in [-0.39, 0.29) is 16.7 Å². The van der Waals surface area contributed by atoms with Crippen molar-refractivity contribution < 1.29 is 13.2 Å². The molecule has 1 aromatic rings. The Morgan fingerprint density at radius 3 is 2.15 bits per heavy atom. The summed E-state index contributed by atoms with van der Waals surface area (Å²) in [5, 5.41) is 0. The Morgan fingerprint density at radius 1 is 1.15 bits per heavy atom. The van der Waals surface area contributed by atoms with Crippen LogP contribution in [0.4, 0.5) is 13.2 Å². The standard InChI is InChI=1S/C9H7F3S/c1-7(13-9(10,11)12)8-5-3-2-4-6-8/h2-6H,1H2. The molecule has 0 fully saturated rings. The van der Waals surface area contributed by atoms with Crippen molar-refractivity contribution in [2.75, 3.05) is 0 Å². The van der Waals surface area contributed by atoms with E-state index in [2.05, 4.69) is 6.58 Å². The van der Waals surface area contributed by atoms with Crippen LogP contribution in [0.25, 0.3) is 4.91 Å². The van der Waals surface area contributed by atoms with Crippen LogP contribution >= 0.6 is 11.8 Å². The molecule has 0 saturated carbocycles. The summed E-state index contributed by atoms with van der Waals surface area (Å²) in [6.45, 7) is 3.35. The Balaban J connectivity index is 2.71. The topological polar surface area (TPSA) is 0 Å². The molecule has 0 aliphatic carbocycles. The average Bonchev–Trinajstić information content (AvgIpc) is 2.03. The van der Waals surface area contributed by atoms with E-state index < -0.39 is 5.51 Å². The van der Waals surface area contributed by atoms with Crippen molar-refractivity contribution in [1.82, 2.24) is 0 Å². The first kappa shape index (κ1) is 10.2. The first-order valence-electron chi connectivity index (χ1n) is 3.49. The van der Waals surface area contributed by atoms with E-state index in [1.807, 2.05) is 0 Å². The molecule has 1 rings (SSSR count). The van der Waals surface area contributed by atoms with Crippen LogP contribution < -0.4 is 0 Å². The highest BCUT2D eigenvalue weighted by Crippen LogP contribution is 2.39. The fourth-order valence-corrected chi connectivity index (χ4v) is 1.36. The maximum Gasteiger partial charge on any atom is 0.446 e. The van der Waals surface area contributed by atoms with Crippen molar-refractivity contribution in [2.45, 2.75) is 5.51 Å². The van der Waals surface area contributed by atoms with Crippen LogP contribution in [0.2, 0.25) is 0 Å². The van der Waals surface area contributed by atoms with E-state index in [1.165, 1.54) is 0 Å². The molecule has 70 valence electrons. The van der Waals surface area contributed by atoms with Crippen molar-refractivity contribution in [3.63, 3.8) is 0 Å². The second-order valence-corrected chi connectivity index (χ2v) is 3.50. The summed E-state index contributed by atoms with van der Waals surface area (Å²) < 4.78 is 35.7. The molecule has 0 heterocycles. The van der Waals surface area contributed by atoms with Gasteiger partial charge < -0.3 is 0 Å². The smallest absolute Gasteiger partial charge is 0.160 e. The lowest BCUT2D eigenvalue weighted by atomic mass is 10.2. The Bertz CT molecular complexity index is 289. The Hall–Kier alpha value is -0.900. The molecule has 0 spiro atoms. The average molecular weight is 204 g/mol. The quantitative estimate of drug-likeness (QED) is 0.703. The molecule has 0 atom stereocenters. The van der Waals surface area contributed by atoms with E-state index in [9.17, 15) is 13.2 Å². The molecule has 0 N–H and O–H groups in total. The molecule has 13 heavy (non-hydrogen) atoms. The van der Waals surface area contributed by atoms with E-state index in [1.54, 1.807) is 30.3 Å². The number of rotatable bonds is 2. The first-order chi connectivity index (χ1) is 5.99. The van der Waals surface area contributed by atoms with E-state index in [4.69, 9.17) is 0 Å². The van der Waals surface area contributed by atoms with Crippen LogP contribution in [0.15, 0.2) is 36.9 Å². The first-order valence-corrected chi connectivity index (χ1v) is 4.31. The van der Waals surface area contributed by atoms with Crippen molar-refractivity contribution in [3.05, 3.63) is 42.5 Å². The van der Waals surface area contributed by atoms with Gasteiger partial charge in [0.1, 0.15) is 0 Å². The van der Waals surface area contributed by atoms with Gasteiger partial charge in [0.2, 0.25) is 0 Å². The van der Waals surface area contributed by atoms with Gasteiger partial charge in [-0.25, -0.2) is 0 Å². The van der Waals surface area contributed by atoms with Gasteiger partial charge in [0.25, 0.3) is 0 Å². The van der Waals surface area contributed by atoms with Gasteiger partial charge >= 0.3 is 5.51 Å². The minimum absolute atomic E-state index is 0.0214. The second kappa shape index (κ2) is 3.87. The predicted octanol–water partition coefficient (Wildman–Crippen LogP) is 3.91. The van der Waals surface area contributed by atoms with Gasteiger partial charge in [-0.15, -0.1) is 0 Å². The summed E-state index contributed by atoms with van der Waals surface area (Å²) in [7, 11) is 0. The summed E-state index contributed by atoms with van der Waals surface area (Å²) in [6.07, 6.45) is 0. The van der Waals surface area contributed by atoms with Crippen molar-refractivity contribution in [1.29, 1.82) is 0 Å². The van der Waals surface area contributed by atoms with E-state index in [0.29, 0.717) is 5.56 Å². The molecule has 0 aliphatic heterocycles. The van der Waals surface area contributed by atoms with Crippen LogP contribution in [0.1, 0.15) is 5.56 Å². The zero-order valence-corrected chi connectivity index (χ0v) is 7.45. The van der Waals surface area contributed by atoms with Crippen LogP contribution in [-0.4, -0.2) is 5.51 Å². The zero-order valence-electron chi connectivity index (χ0n) is 6.64. The normalized spacial score (nSPS) is 11.3. The number of halogens is 3. The summed E-state index contributed by atoms with van der Waals surface area (Å²) in [5.74, 6) is 0. The third kappa shape index (κ3) is 3.55. The molecule has 0 amide bonds. The summed E-state index contributed by atoms with van der Waals surface area (Å²) in [4.78, 5) is 0.0214. The van der Waals surface area contributed by atoms with Crippen LogP contribution in [0.3, 0.4) is 0 Å². The predicted molar refractivity (Wildman–Crippen MR) is 49.1 cm³/mol. The maximum absolute atomic E-state index is 11.9. The van der Waals surface area contributed by atoms with Gasteiger partial charge in [-0.2, -0.15) is 13.2 Å². The number of benzene rings is 1. The molecule has 0 saturated heterocycles. The Morgan fingerprint density at radius 2 is 1.69 bits per heavy atom. The molecule has 4 heteroatoms. The van der Waals surface area contributed by atoms with Crippen LogP contribution in [0.5, 0.6) is 0 Å². The minimum atomic E-state index is -4.26. The largest absolute Gasteiger partial charge is 0.446 e. The number of thioether (sulfide) groups is 1. The van der Waals surface area contributed by atoms with Gasteiger partial charge in [0.05, 0.1) is 0 Å². The maximum atomic E-state index is 11.9. The van der Waals surface area contributed by atoms with Crippen LogP contribution in [-0.2, 0) is 0 Å². The third-order valence-electron chi connectivity index (χ3n) is 1.33. The van der Waals surface area contributed by atoms with Crippen LogP contribution in [0, 0.1) is 0 Å². The molecule has 0 unspecified atom stereocenters. The van der Waals surface area contributed by atoms with Gasteiger partial charge in [0, 0.05) is 4.91 Å². The summed E-state index contributed by atoms with van der Waals surface area (Å²) in [6, 6.07) is 8.30. The van der Waals surface area contributed by atoms with E-state index in [0.717, 1.165) is 0 Å². The van der Waals surface area contributed by atoms with Gasteiger partial charge in [-0.1, -0.05) is 36.9 Å². The van der Waals surface area contributed by atoms with Crippen molar-refractivity contribution in [2.24, 2.45) is 0 Å². The fraction of sp³-hybridized carbons (Fsp3) is 0.111. The number of alkyl halides is 3. The van der Waals surface area contributed by atoms with Crippen molar-refractivity contribution in [3.8, 4) is 0 Å². The third-order valence-corrected chi connectivity index (χ3v) is 2.05. The van der Waals surface area contributed by atoms with Gasteiger partial charge in [-0.3, -0.25) is 0 Å². The number of hydrogen-bond acceptors (Lipinski definition) is 1. The zero-order chi connectivity index (χ0) is 9.90. The number of hydrogen-bond donors (Lipinski definition) is 0. The fourth-order valence-electron chi connectivity index (χ4n) is 0.823. The summed E-state index contributed by atoms with van der Waals surface area (Å²) >= 11 is -0.185. The van der Waals surface area contributed by atoms with Gasteiger partial charge in [-0.05, 0) is 17.3 Å². The molecule has 0 radical (unpaired) electrons.